The Morgan fingerprint density at radius 2 is 2.20 bits per heavy atom. The largest absolute Gasteiger partial charge is 0.394 e. The number of aromatic nitrogens is 2. The average Bonchev–Trinajstić information content (AvgIpc) is 2.62. The zero-order valence-corrected chi connectivity index (χ0v) is 10.3. The lowest BCUT2D eigenvalue weighted by Gasteiger charge is -2.18. The van der Waals surface area contributed by atoms with Gasteiger partial charge in [-0.05, 0) is 12.3 Å². The Balaban J connectivity index is 2.55. The van der Waals surface area contributed by atoms with Crippen molar-refractivity contribution < 1.29 is 5.11 Å². The van der Waals surface area contributed by atoms with Gasteiger partial charge in [-0.25, -0.2) is 4.98 Å². The number of nitrogens with zero attached hydrogens (tertiary/aromatic N) is 2. The molecule has 0 aliphatic carbocycles. The van der Waals surface area contributed by atoms with E-state index in [1.54, 1.807) is 0 Å². The number of nitrogens with one attached hydrogen (secondary N) is 1. The maximum Gasteiger partial charge on any atom is 0.202 e. The summed E-state index contributed by atoms with van der Waals surface area (Å²) in [7, 11) is 0. The smallest absolute Gasteiger partial charge is 0.202 e. The maximum atomic E-state index is 9.16. The van der Waals surface area contributed by atoms with Gasteiger partial charge in [0.25, 0.3) is 0 Å². The fourth-order valence-electron chi connectivity index (χ4n) is 1.22. The highest BCUT2D eigenvalue weighted by molar-refractivity contribution is 7.09. The molecule has 0 aromatic carbocycles. The Hall–Kier alpha value is -0.680. The van der Waals surface area contributed by atoms with Crippen LogP contribution in [0.1, 0.15) is 33.0 Å². The minimum Gasteiger partial charge on any atom is -0.394 e. The molecular weight excluding hydrogens is 210 g/mol. The summed E-state index contributed by atoms with van der Waals surface area (Å²) in [5.41, 5.74) is 0. The van der Waals surface area contributed by atoms with Crippen molar-refractivity contribution in [2.75, 3.05) is 11.9 Å². The summed E-state index contributed by atoms with van der Waals surface area (Å²) in [6.07, 6.45) is 1.98. The number of aliphatic hydroxyl groups is 1. The first-order valence-electron chi connectivity index (χ1n) is 5.37. The van der Waals surface area contributed by atoms with Gasteiger partial charge >= 0.3 is 0 Å². The zero-order valence-electron chi connectivity index (χ0n) is 9.53. The molecule has 0 unspecified atom stereocenters. The summed E-state index contributed by atoms with van der Waals surface area (Å²) < 4.78 is 4.24. The molecule has 4 nitrogen and oxygen atoms in total. The minimum atomic E-state index is 0.0624. The first-order valence-corrected chi connectivity index (χ1v) is 6.14. The fourth-order valence-corrected chi connectivity index (χ4v) is 1.89. The third-order valence-corrected chi connectivity index (χ3v) is 2.94. The van der Waals surface area contributed by atoms with E-state index in [4.69, 9.17) is 5.11 Å². The Morgan fingerprint density at radius 1 is 1.47 bits per heavy atom. The van der Waals surface area contributed by atoms with Crippen molar-refractivity contribution >= 4 is 16.7 Å². The van der Waals surface area contributed by atoms with Gasteiger partial charge in [-0.15, -0.1) is 0 Å². The molecule has 1 heterocycles. The molecule has 0 amide bonds. The van der Waals surface area contributed by atoms with Crippen molar-refractivity contribution in [2.45, 2.75) is 39.7 Å². The molecule has 0 bridgehead atoms. The zero-order chi connectivity index (χ0) is 11.3. The topological polar surface area (TPSA) is 58.0 Å². The Labute approximate surface area is 94.9 Å². The number of anilines is 1. The monoisotopic (exact) mass is 229 g/mol. The van der Waals surface area contributed by atoms with Crippen LogP contribution in [-0.2, 0) is 6.42 Å². The van der Waals surface area contributed by atoms with E-state index >= 15 is 0 Å². The van der Waals surface area contributed by atoms with Gasteiger partial charge in [-0.1, -0.05) is 20.8 Å². The van der Waals surface area contributed by atoms with Gasteiger partial charge in [-0.2, -0.15) is 4.37 Å². The molecule has 0 aliphatic heterocycles. The van der Waals surface area contributed by atoms with Crippen LogP contribution in [0.2, 0.25) is 0 Å². The van der Waals surface area contributed by atoms with Gasteiger partial charge in [0, 0.05) is 18.0 Å². The molecule has 0 radical (unpaired) electrons. The van der Waals surface area contributed by atoms with Gasteiger partial charge < -0.3 is 10.4 Å². The molecule has 1 aromatic rings. The van der Waals surface area contributed by atoms with Crippen LogP contribution in [0, 0.1) is 5.92 Å². The van der Waals surface area contributed by atoms with Crippen LogP contribution in [0.5, 0.6) is 0 Å². The van der Waals surface area contributed by atoms with Crippen LogP contribution >= 0.6 is 11.5 Å². The van der Waals surface area contributed by atoms with Gasteiger partial charge in [0.05, 0.1) is 12.6 Å². The van der Waals surface area contributed by atoms with Gasteiger partial charge in [0.2, 0.25) is 5.13 Å². The van der Waals surface area contributed by atoms with E-state index in [1.165, 1.54) is 11.5 Å². The van der Waals surface area contributed by atoms with Crippen molar-refractivity contribution in [3.8, 4) is 0 Å². The highest BCUT2D eigenvalue weighted by atomic mass is 32.1. The van der Waals surface area contributed by atoms with Gasteiger partial charge in [0.1, 0.15) is 5.82 Å². The first-order chi connectivity index (χ1) is 7.17. The van der Waals surface area contributed by atoms with Gasteiger partial charge in [-0.3, -0.25) is 0 Å². The second kappa shape index (κ2) is 6.02. The van der Waals surface area contributed by atoms with E-state index < -0.39 is 0 Å². The van der Waals surface area contributed by atoms with E-state index in [2.05, 4.69) is 35.4 Å². The van der Waals surface area contributed by atoms with E-state index in [-0.39, 0.29) is 12.6 Å². The van der Waals surface area contributed by atoms with Crippen molar-refractivity contribution in [1.29, 1.82) is 0 Å². The molecule has 0 fully saturated rings. The van der Waals surface area contributed by atoms with E-state index in [9.17, 15) is 0 Å². The Morgan fingerprint density at radius 3 is 2.73 bits per heavy atom. The average molecular weight is 229 g/mol. The quantitative estimate of drug-likeness (QED) is 0.782. The van der Waals surface area contributed by atoms with Crippen molar-refractivity contribution in [3.05, 3.63) is 5.82 Å². The predicted molar refractivity (Wildman–Crippen MR) is 63.2 cm³/mol. The molecule has 86 valence electrons. The molecule has 5 heteroatoms. The maximum absolute atomic E-state index is 9.16. The fraction of sp³-hybridized carbons (Fsp3) is 0.800. The first kappa shape index (κ1) is 12.4. The van der Waals surface area contributed by atoms with Crippen LogP contribution < -0.4 is 5.32 Å². The van der Waals surface area contributed by atoms with Gasteiger partial charge in [0.15, 0.2) is 0 Å². The molecule has 0 spiro atoms. The summed E-state index contributed by atoms with van der Waals surface area (Å²) in [6.45, 7) is 6.38. The molecule has 15 heavy (non-hydrogen) atoms. The lowest BCUT2D eigenvalue weighted by atomic mass is 10.1. The Kier molecular flexibility index (Phi) is 4.98. The van der Waals surface area contributed by atoms with Crippen LogP contribution in [0.25, 0.3) is 0 Å². The van der Waals surface area contributed by atoms with Crippen molar-refractivity contribution in [1.82, 2.24) is 9.36 Å². The van der Waals surface area contributed by atoms with E-state index in [0.717, 1.165) is 23.8 Å². The summed E-state index contributed by atoms with van der Waals surface area (Å²) in [4.78, 5) is 4.36. The highest BCUT2D eigenvalue weighted by Gasteiger charge is 2.13. The molecule has 1 rings (SSSR count). The molecule has 0 aliphatic rings. The highest BCUT2D eigenvalue weighted by Crippen LogP contribution is 2.15. The van der Waals surface area contributed by atoms with Crippen LogP contribution in [0.3, 0.4) is 0 Å². The SMILES string of the molecule is CCCc1nsc(N[C@H](CO)C(C)C)n1. The second-order valence-corrected chi connectivity index (χ2v) is 4.70. The molecule has 0 saturated heterocycles. The molecular formula is C10H19N3OS. The summed E-state index contributed by atoms with van der Waals surface area (Å²) in [5, 5.41) is 13.2. The van der Waals surface area contributed by atoms with E-state index in [1.807, 2.05) is 0 Å². The third-order valence-electron chi connectivity index (χ3n) is 2.25. The second-order valence-electron chi connectivity index (χ2n) is 3.94. The van der Waals surface area contributed by atoms with E-state index in [0.29, 0.717) is 5.92 Å². The van der Waals surface area contributed by atoms with Crippen LogP contribution in [0.15, 0.2) is 0 Å². The summed E-state index contributed by atoms with van der Waals surface area (Å²) >= 11 is 1.37. The number of aliphatic hydroxyl groups excluding tert-OH is 1. The predicted octanol–water partition coefficient (Wildman–Crippen LogP) is 1.92. The molecule has 2 N–H and O–H groups in total. The molecule has 0 saturated carbocycles. The van der Waals surface area contributed by atoms with Crippen LogP contribution in [0.4, 0.5) is 5.13 Å². The standard InChI is InChI=1S/C10H19N3OS/c1-4-5-9-12-10(15-13-9)11-8(6-14)7(2)3/h7-8,14H,4-6H2,1-3H3,(H,11,12,13)/t8-/m1/s1. The lowest BCUT2D eigenvalue weighted by molar-refractivity contribution is 0.249. The summed E-state index contributed by atoms with van der Waals surface area (Å²) in [6, 6.07) is 0.0624. The van der Waals surface area contributed by atoms with Crippen molar-refractivity contribution in [2.24, 2.45) is 5.92 Å². The normalized spacial score (nSPS) is 13.1. The Bertz CT molecular complexity index is 288. The lowest BCUT2D eigenvalue weighted by Crippen LogP contribution is -2.29. The molecule has 1 aromatic heterocycles. The third kappa shape index (κ3) is 3.76. The molecule has 1 atom stereocenters. The number of hydrogen-bond donors (Lipinski definition) is 2. The number of rotatable bonds is 6. The minimum absolute atomic E-state index is 0.0624. The number of hydrogen-bond acceptors (Lipinski definition) is 5. The van der Waals surface area contributed by atoms with Crippen LogP contribution in [-0.4, -0.2) is 27.1 Å². The van der Waals surface area contributed by atoms with Crippen molar-refractivity contribution in [3.63, 3.8) is 0 Å². The summed E-state index contributed by atoms with van der Waals surface area (Å²) in [5.74, 6) is 1.28. The number of aryl methyl sites for hydroxylation is 1.